The predicted molar refractivity (Wildman–Crippen MR) is 126 cm³/mol. The fourth-order valence-corrected chi connectivity index (χ4v) is 4.17. The van der Waals surface area contributed by atoms with Crippen molar-refractivity contribution < 1.29 is 23.6 Å². The second kappa shape index (κ2) is 9.99. The molecule has 8 heteroatoms. The maximum Gasteiger partial charge on any atom is 0.254 e. The number of hydrogen-bond acceptors (Lipinski definition) is 6. The second-order valence-corrected chi connectivity index (χ2v) is 8.37. The molecule has 1 saturated heterocycles. The molecular weight excluding hydrogens is 434 g/mol. The van der Waals surface area contributed by atoms with Crippen LogP contribution in [-0.4, -0.2) is 53.5 Å². The number of ether oxygens (including phenoxy) is 2. The van der Waals surface area contributed by atoms with Crippen molar-refractivity contribution in [2.45, 2.75) is 33.4 Å². The van der Waals surface area contributed by atoms with Gasteiger partial charge in [-0.1, -0.05) is 23.4 Å². The van der Waals surface area contributed by atoms with Gasteiger partial charge >= 0.3 is 0 Å². The van der Waals surface area contributed by atoms with Crippen molar-refractivity contribution in [1.82, 2.24) is 15.0 Å². The number of benzene rings is 2. The molecular formula is C26H29N3O5. The molecule has 0 radical (unpaired) electrons. The standard InChI is InChI=1S/C26H29N3O5/c1-17-24(18(2)34-27-17)16-33-23-7-5-6-21(14-23)26(31)29-13-12-28(19(3)30)15-25(29)20-8-10-22(32-4)11-9-20/h5-11,14,25H,12-13,15-16H2,1-4H3. The molecule has 178 valence electrons. The van der Waals surface area contributed by atoms with Gasteiger partial charge in [0.05, 0.1) is 24.4 Å². The number of aromatic nitrogens is 1. The van der Waals surface area contributed by atoms with Crippen molar-refractivity contribution in [3.05, 3.63) is 76.7 Å². The van der Waals surface area contributed by atoms with E-state index in [1.807, 2.05) is 55.1 Å². The third-order valence-corrected chi connectivity index (χ3v) is 6.23. The highest BCUT2D eigenvalue weighted by atomic mass is 16.5. The minimum absolute atomic E-state index is 0.000307. The summed E-state index contributed by atoms with van der Waals surface area (Å²) in [5.74, 6) is 1.95. The largest absolute Gasteiger partial charge is 0.497 e. The Morgan fingerprint density at radius 3 is 2.50 bits per heavy atom. The predicted octanol–water partition coefficient (Wildman–Crippen LogP) is 3.92. The fourth-order valence-electron chi connectivity index (χ4n) is 4.17. The summed E-state index contributed by atoms with van der Waals surface area (Å²) in [6.45, 7) is 6.96. The maximum atomic E-state index is 13.6. The van der Waals surface area contributed by atoms with Crippen molar-refractivity contribution in [3.8, 4) is 11.5 Å². The highest BCUT2D eigenvalue weighted by molar-refractivity contribution is 5.95. The summed E-state index contributed by atoms with van der Waals surface area (Å²) < 4.78 is 16.4. The van der Waals surface area contributed by atoms with E-state index >= 15 is 0 Å². The third kappa shape index (κ3) is 4.90. The van der Waals surface area contributed by atoms with Crippen molar-refractivity contribution in [2.75, 3.05) is 26.7 Å². The normalized spacial score (nSPS) is 15.8. The molecule has 1 aliphatic rings. The summed E-state index contributed by atoms with van der Waals surface area (Å²) in [4.78, 5) is 29.3. The lowest BCUT2D eigenvalue weighted by Gasteiger charge is -2.41. The summed E-state index contributed by atoms with van der Waals surface area (Å²) in [6.07, 6.45) is 0. The van der Waals surface area contributed by atoms with E-state index < -0.39 is 0 Å². The number of aryl methyl sites for hydroxylation is 2. The molecule has 1 aromatic heterocycles. The molecule has 34 heavy (non-hydrogen) atoms. The van der Waals surface area contributed by atoms with Crippen LogP contribution in [0.15, 0.2) is 53.1 Å². The Kier molecular flexibility index (Phi) is 6.86. The molecule has 2 heterocycles. The Bertz CT molecular complexity index is 1150. The molecule has 3 aromatic rings. The molecule has 1 aliphatic heterocycles. The first-order valence-corrected chi connectivity index (χ1v) is 11.2. The Balaban J connectivity index is 1.55. The minimum Gasteiger partial charge on any atom is -0.497 e. The van der Waals surface area contributed by atoms with Gasteiger partial charge in [-0.15, -0.1) is 0 Å². The average Bonchev–Trinajstić information content (AvgIpc) is 3.19. The van der Waals surface area contributed by atoms with Gasteiger partial charge in [-0.3, -0.25) is 9.59 Å². The number of nitrogens with zero attached hydrogens (tertiary/aromatic N) is 3. The van der Waals surface area contributed by atoms with Crippen LogP contribution in [0.5, 0.6) is 11.5 Å². The molecule has 0 spiro atoms. The molecule has 0 saturated carbocycles. The maximum absolute atomic E-state index is 13.6. The van der Waals surface area contributed by atoms with E-state index in [-0.39, 0.29) is 17.9 Å². The monoisotopic (exact) mass is 463 g/mol. The van der Waals surface area contributed by atoms with Crippen LogP contribution in [0.2, 0.25) is 0 Å². The van der Waals surface area contributed by atoms with Gasteiger partial charge in [-0.25, -0.2) is 0 Å². The SMILES string of the molecule is COc1ccc(C2CN(C(C)=O)CCN2C(=O)c2cccc(OCc3c(C)noc3C)c2)cc1. The highest BCUT2D eigenvalue weighted by Crippen LogP contribution is 2.29. The number of piperazine rings is 1. The molecule has 0 bridgehead atoms. The van der Waals surface area contributed by atoms with Crippen molar-refractivity contribution in [3.63, 3.8) is 0 Å². The zero-order valence-electron chi connectivity index (χ0n) is 19.9. The van der Waals surface area contributed by atoms with Gasteiger partial charge in [0.2, 0.25) is 5.91 Å². The van der Waals surface area contributed by atoms with E-state index in [1.54, 1.807) is 31.1 Å². The van der Waals surface area contributed by atoms with Crippen molar-refractivity contribution in [2.24, 2.45) is 0 Å². The lowest BCUT2D eigenvalue weighted by Crippen LogP contribution is -2.51. The average molecular weight is 464 g/mol. The van der Waals surface area contributed by atoms with Gasteiger partial charge < -0.3 is 23.8 Å². The van der Waals surface area contributed by atoms with Crippen molar-refractivity contribution >= 4 is 11.8 Å². The molecule has 2 aromatic carbocycles. The smallest absolute Gasteiger partial charge is 0.254 e. The topological polar surface area (TPSA) is 85.1 Å². The number of rotatable bonds is 6. The lowest BCUT2D eigenvalue weighted by molar-refractivity contribution is -0.131. The van der Waals surface area contributed by atoms with Gasteiger partial charge in [-0.05, 0) is 49.7 Å². The quantitative estimate of drug-likeness (QED) is 0.551. The van der Waals surface area contributed by atoms with Gasteiger partial charge in [0, 0.05) is 32.1 Å². The molecule has 8 nitrogen and oxygen atoms in total. The zero-order chi connectivity index (χ0) is 24.2. The van der Waals surface area contributed by atoms with Crippen LogP contribution in [0.1, 0.15) is 45.9 Å². The summed E-state index contributed by atoms with van der Waals surface area (Å²) in [5, 5.41) is 3.95. The number of carbonyl (C=O) groups is 2. The Morgan fingerprint density at radius 1 is 1.09 bits per heavy atom. The third-order valence-electron chi connectivity index (χ3n) is 6.23. The Labute approximate surface area is 199 Å². The molecule has 1 atom stereocenters. The van der Waals surface area contributed by atoms with E-state index in [9.17, 15) is 9.59 Å². The Morgan fingerprint density at radius 2 is 1.85 bits per heavy atom. The fraction of sp³-hybridized carbons (Fsp3) is 0.346. The Hall–Kier alpha value is -3.81. The highest BCUT2D eigenvalue weighted by Gasteiger charge is 2.33. The van der Waals surface area contributed by atoms with E-state index in [4.69, 9.17) is 14.0 Å². The molecule has 2 amide bonds. The van der Waals surface area contributed by atoms with E-state index in [1.165, 1.54) is 0 Å². The van der Waals surface area contributed by atoms with Gasteiger partial charge in [0.1, 0.15) is 23.9 Å². The molecule has 1 fully saturated rings. The van der Waals surface area contributed by atoms with Crippen LogP contribution in [0, 0.1) is 13.8 Å². The summed E-state index contributed by atoms with van der Waals surface area (Å²) >= 11 is 0. The number of carbonyl (C=O) groups excluding carboxylic acids is 2. The van der Waals surface area contributed by atoms with Crippen LogP contribution in [0.4, 0.5) is 0 Å². The van der Waals surface area contributed by atoms with Gasteiger partial charge in [0.25, 0.3) is 5.91 Å². The first-order chi connectivity index (χ1) is 16.4. The second-order valence-electron chi connectivity index (χ2n) is 8.37. The first kappa shape index (κ1) is 23.4. The zero-order valence-corrected chi connectivity index (χ0v) is 19.9. The molecule has 0 aliphatic carbocycles. The number of hydrogen-bond donors (Lipinski definition) is 0. The van der Waals surface area contributed by atoms with E-state index in [0.717, 1.165) is 28.3 Å². The number of methoxy groups -OCH3 is 1. The molecule has 0 N–H and O–H groups in total. The van der Waals surface area contributed by atoms with Crippen LogP contribution >= 0.6 is 0 Å². The minimum atomic E-state index is -0.261. The van der Waals surface area contributed by atoms with Gasteiger partial charge in [0.15, 0.2) is 0 Å². The first-order valence-electron chi connectivity index (χ1n) is 11.2. The van der Waals surface area contributed by atoms with Crippen LogP contribution in [-0.2, 0) is 11.4 Å². The molecule has 1 unspecified atom stereocenters. The lowest BCUT2D eigenvalue weighted by atomic mass is 10.0. The van der Waals surface area contributed by atoms with E-state index in [2.05, 4.69) is 5.16 Å². The van der Waals surface area contributed by atoms with Crippen molar-refractivity contribution in [1.29, 1.82) is 0 Å². The van der Waals surface area contributed by atoms with Crippen LogP contribution in [0.25, 0.3) is 0 Å². The number of amides is 2. The van der Waals surface area contributed by atoms with Crippen LogP contribution < -0.4 is 9.47 Å². The summed E-state index contributed by atoms with van der Waals surface area (Å²) in [5.41, 5.74) is 3.17. The summed E-state index contributed by atoms with van der Waals surface area (Å²) in [7, 11) is 1.61. The van der Waals surface area contributed by atoms with Gasteiger partial charge in [-0.2, -0.15) is 0 Å². The molecule has 4 rings (SSSR count). The summed E-state index contributed by atoms with van der Waals surface area (Å²) in [6, 6.07) is 14.5. The van der Waals surface area contributed by atoms with E-state index in [0.29, 0.717) is 37.6 Å². The van der Waals surface area contributed by atoms with Crippen LogP contribution in [0.3, 0.4) is 0 Å².